The number of nitrogens with one attached hydrogen (secondary N) is 1. The average Bonchev–Trinajstić information content (AvgIpc) is 3.06. The number of H-pyrrole nitrogens is 1. The Balaban J connectivity index is 0.000000817. The van der Waals surface area contributed by atoms with Gasteiger partial charge in [-0.05, 0) is 29.8 Å². The Morgan fingerprint density at radius 1 is 1.11 bits per heavy atom. The van der Waals surface area contributed by atoms with Crippen LogP contribution in [-0.4, -0.2) is 24.9 Å². The fourth-order valence-electron chi connectivity index (χ4n) is 2.37. The third kappa shape index (κ3) is 4.50. The summed E-state index contributed by atoms with van der Waals surface area (Å²) in [4.78, 5) is 11.3. The van der Waals surface area contributed by atoms with Crippen molar-refractivity contribution in [2.75, 3.05) is 6.26 Å². The molecule has 0 saturated carbocycles. The van der Waals surface area contributed by atoms with Crippen LogP contribution in [0.5, 0.6) is 0 Å². The Kier molecular flexibility index (Phi) is 5.94. The van der Waals surface area contributed by atoms with Crippen LogP contribution < -0.4 is 0 Å². The molecule has 0 amide bonds. The fraction of sp³-hybridized carbons (Fsp3) is 0.0625. The first-order chi connectivity index (χ1) is 12.8. The molecule has 0 aliphatic carbocycles. The second-order valence-electron chi connectivity index (χ2n) is 5.28. The van der Waals surface area contributed by atoms with Gasteiger partial charge in [0.2, 0.25) is 0 Å². The van der Waals surface area contributed by atoms with Crippen LogP contribution in [0.25, 0.3) is 27.4 Å². The Morgan fingerprint density at radius 3 is 2.11 bits per heavy atom. The average molecular weight is 389 g/mol. The molecule has 0 spiro atoms. The third-order valence-corrected chi connectivity index (χ3v) is 4.67. The predicted octanol–water partition coefficient (Wildman–Crippen LogP) is 4.02. The molecule has 1 N–H and O–H groups in total. The number of diazo groups is 1. The Labute approximate surface area is 153 Å². The van der Waals surface area contributed by atoms with Crippen molar-refractivity contribution >= 4 is 15.7 Å². The number of halogens is 1. The van der Waals surface area contributed by atoms with Crippen molar-refractivity contribution in [2.45, 2.75) is 4.90 Å². The smallest absolute Gasteiger partial charge is 0.444 e. The first-order valence-electron chi connectivity index (χ1n) is 7.26. The van der Waals surface area contributed by atoms with Gasteiger partial charge in [-0.25, -0.2) is 12.8 Å². The standard InChI is InChI=1S/C16H12FN4O2S.HNO2/c1-24(22,23)13-8-4-11(5-9-13)15-14(16(19-18)21-20-15)10-2-6-12(17)7-3-10;2-1-3/h2-9H,1H3,(H,20,21);(H,2,3)/q+1;/p-1. The zero-order valence-corrected chi connectivity index (χ0v) is 14.6. The van der Waals surface area contributed by atoms with E-state index >= 15 is 0 Å². The minimum atomic E-state index is -3.29. The number of aromatic nitrogens is 2. The maximum Gasteiger partial charge on any atom is 0.495 e. The van der Waals surface area contributed by atoms with Gasteiger partial charge in [0.1, 0.15) is 17.1 Å². The summed E-state index contributed by atoms with van der Waals surface area (Å²) in [7, 11) is -3.29. The highest BCUT2D eigenvalue weighted by Crippen LogP contribution is 2.37. The van der Waals surface area contributed by atoms with E-state index in [2.05, 4.69) is 15.2 Å². The van der Waals surface area contributed by atoms with Gasteiger partial charge in [-0.1, -0.05) is 24.3 Å². The molecule has 0 unspecified atom stereocenters. The summed E-state index contributed by atoms with van der Waals surface area (Å²) >= 11 is 0. The van der Waals surface area contributed by atoms with E-state index in [1.807, 2.05) is 0 Å². The molecular formula is C16H12FN5O4S. The zero-order valence-electron chi connectivity index (χ0n) is 13.8. The number of aromatic amines is 1. The minimum Gasteiger partial charge on any atom is -0.444 e. The number of rotatable bonds is 3. The zero-order chi connectivity index (χ0) is 20.0. The van der Waals surface area contributed by atoms with Gasteiger partial charge in [-0.3, -0.25) is 0 Å². The van der Waals surface area contributed by atoms with Crippen molar-refractivity contribution in [3.05, 3.63) is 69.4 Å². The van der Waals surface area contributed by atoms with Gasteiger partial charge in [0.15, 0.2) is 9.84 Å². The molecule has 3 rings (SSSR count). The Morgan fingerprint density at radius 2 is 1.63 bits per heavy atom. The van der Waals surface area contributed by atoms with Crippen LogP contribution in [0, 0.1) is 21.3 Å². The van der Waals surface area contributed by atoms with Crippen molar-refractivity contribution < 1.29 is 12.8 Å². The van der Waals surface area contributed by atoms with E-state index in [4.69, 9.17) is 15.5 Å². The van der Waals surface area contributed by atoms with Gasteiger partial charge in [0.25, 0.3) is 0 Å². The van der Waals surface area contributed by atoms with E-state index in [1.165, 1.54) is 24.3 Å². The van der Waals surface area contributed by atoms with Gasteiger partial charge in [0, 0.05) is 16.8 Å². The van der Waals surface area contributed by atoms with Crippen LogP contribution in [0.1, 0.15) is 0 Å². The lowest BCUT2D eigenvalue weighted by Crippen LogP contribution is -1.96. The lowest BCUT2D eigenvalue weighted by atomic mass is 10.0. The van der Waals surface area contributed by atoms with Crippen molar-refractivity contribution in [1.82, 2.24) is 10.2 Å². The molecule has 138 valence electrons. The van der Waals surface area contributed by atoms with E-state index in [1.54, 1.807) is 24.3 Å². The first-order valence-corrected chi connectivity index (χ1v) is 9.15. The number of hydrogen-bond acceptors (Lipinski definition) is 7. The SMILES string of the molecule is CS(=O)(=O)c1ccc(-c2[nH]nc([N+]#N)c2-c2ccc(F)cc2)cc1.O=N[O-]. The van der Waals surface area contributed by atoms with E-state index in [-0.39, 0.29) is 16.5 Å². The van der Waals surface area contributed by atoms with Gasteiger partial charge < -0.3 is 10.1 Å². The number of benzene rings is 2. The van der Waals surface area contributed by atoms with Crippen LogP contribution in [0.2, 0.25) is 0 Å². The Bertz CT molecular complexity index is 1090. The van der Waals surface area contributed by atoms with Gasteiger partial charge in [0.05, 0.1) is 15.4 Å². The van der Waals surface area contributed by atoms with Crippen LogP contribution >= 0.6 is 0 Å². The summed E-state index contributed by atoms with van der Waals surface area (Å²) < 4.78 is 36.2. The van der Waals surface area contributed by atoms with E-state index < -0.39 is 9.84 Å². The second-order valence-corrected chi connectivity index (χ2v) is 7.29. The van der Waals surface area contributed by atoms with E-state index in [0.717, 1.165) is 11.6 Å². The molecular weight excluding hydrogens is 377 g/mol. The summed E-state index contributed by atoms with van der Waals surface area (Å²) in [6, 6.07) is 11.9. The molecule has 0 fully saturated rings. The summed E-state index contributed by atoms with van der Waals surface area (Å²) in [5, 5.41) is 24.8. The molecule has 11 heteroatoms. The lowest BCUT2D eigenvalue weighted by Gasteiger charge is -2.03. The van der Waals surface area contributed by atoms with E-state index in [9.17, 15) is 12.8 Å². The quantitative estimate of drug-likeness (QED) is 0.407. The molecule has 0 radical (unpaired) electrons. The van der Waals surface area contributed by atoms with Crippen LogP contribution in [0.3, 0.4) is 0 Å². The largest absolute Gasteiger partial charge is 0.495 e. The molecule has 9 nitrogen and oxygen atoms in total. The number of hydrogen-bond donors (Lipinski definition) is 1. The molecule has 3 aromatic rings. The molecule has 0 aliphatic heterocycles. The van der Waals surface area contributed by atoms with Gasteiger partial charge in [-0.2, -0.15) is 5.10 Å². The topological polar surface area (TPSA) is 143 Å². The molecule has 1 heterocycles. The van der Waals surface area contributed by atoms with Crippen molar-refractivity contribution in [2.24, 2.45) is 5.34 Å². The highest BCUT2D eigenvalue weighted by molar-refractivity contribution is 7.90. The highest BCUT2D eigenvalue weighted by Gasteiger charge is 2.26. The van der Waals surface area contributed by atoms with Crippen LogP contribution in [0.15, 0.2) is 58.8 Å². The molecule has 0 bridgehead atoms. The minimum absolute atomic E-state index is 0.0591. The third-order valence-electron chi connectivity index (χ3n) is 3.55. The maximum atomic E-state index is 13.1. The second kappa shape index (κ2) is 8.15. The number of sulfone groups is 1. The van der Waals surface area contributed by atoms with E-state index in [0.29, 0.717) is 22.4 Å². The fourth-order valence-corrected chi connectivity index (χ4v) is 3.00. The monoisotopic (exact) mass is 389 g/mol. The predicted molar refractivity (Wildman–Crippen MR) is 96.4 cm³/mol. The molecule has 0 saturated heterocycles. The van der Waals surface area contributed by atoms with Crippen molar-refractivity contribution in [3.63, 3.8) is 0 Å². The van der Waals surface area contributed by atoms with Crippen LogP contribution in [-0.2, 0) is 9.84 Å². The maximum absolute atomic E-state index is 13.1. The molecule has 0 atom stereocenters. The normalized spacial score (nSPS) is 10.4. The Hall–Kier alpha value is -3.65. The lowest BCUT2D eigenvalue weighted by molar-refractivity contribution is 0.602. The summed E-state index contributed by atoms with van der Waals surface area (Å²) in [6.45, 7) is 0. The molecule has 27 heavy (non-hydrogen) atoms. The van der Waals surface area contributed by atoms with Crippen molar-refractivity contribution in [3.8, 4) is 22.4 Å². The van der Waals surface area contributed by atoms with Gasteiger partial charge >= 0.3 is 5.82 Å². The van der Waals surface area contributed by atoms with Crippen LogP contribution in [0.4, 0.5) is 10.2 Å². The number of nitrogens with zero attached hydrogens (tertiary/aromatic N) is 4. The summed E-state index contributed by atoms with van der Waals surface area (Å²) in [5.41, 5.74) is 2.29. The van der Waals surface area contributed by atoms with Crippen molar-refractivity contribution in [1.29, 1.82) is 5.39 Å². The highest BCUT2D eigenvalue weighted by atomic mass is 32.2. The van der Waals surface area contributed by atoms with Gasteiger partial charge in [-0.15, -0.1) is 5.34 Å². The molecule has 2 aromatic carbocycles. The molecule has 0 aliphatic rings. The summed E-state index contributed by atoms with van der Waals surface area (Å²) in [6.07, 6.45) is 1.13. The molecule has 1 aromatic heterocycles. The first kappa shape index (κ1) is 19.7. The summed E-state index contributed by atoms with van der Waals surface area (Å²) in [5.74, 6) is -0.326.